The number of hydrazine groups is 1. The summed E-state index contributed by atoms with van der Waals surface area (Å²) in [5.74, 6) is 2.12. The zero-order chi connectivity index (χ0) is 18.1. The lowest BCUT2D eigenvalue weighted by atomic mass is 9.49. The van der Waals surface area contributed by atoms with Crippen LogP contribution in [0.1, 0.15) is 44.1 Å². The van der Waals surface area contributed by atoms with Gasteiger partial charge in [0.05, 0.1) is 17.0 Å². The standard InChI is InChI=1S/C20H23N3O3/c21-11-13-1-3-17(4-2-13)26-12-18(24)22-23-19(25)20-8-14-5-15(9-20)7-16(6-14)10-20/h1-4,14-16H,5-10,12H2,(H,22,24)(H,23,25). The first-order valence-electron chi connectivity index (χ1n) is 9.28. The second-order valence-corrected chi connectivity index (χ2v) is 8.13. The molecule has 0 unspecified atom stereocenters. The molecule has 1 aromatic carbocycles. The van der Waals surface area contributed by atoms with Crippen LogP contribution in [0.15, 0.2) is 24.3 Å². The molecule has 136 valence electrons. The van der Waals surface area contributed by atoms with Crippen LogP contribution in [0.25, 0.3) is 0 Å². The molecule has 0 aliphatic heterocycles. The van der Waals surface area contributed by atoms with Gasteiger partial charge in [-0.05, 0) is 80.5 Å². The van der Waals surface area contributed by atoms with E-state index in [9.17, 15) is 9.59 Å². The molecule has 0 spiro atoms. The maximum atomic E-state index is 12.7. The monoisotopic (exact) mass is 353 g/mol. The van der Waals surface area contributed by atoms with E-state index in [2.05, 4.69) is 10.9 Å². The first kappa shape index (κ1) is 16.9. The van der Waals surface area contributed by atoms with Gasteiger partial charge in [0, 0.05) is 0 Å². The van der Waals surface area contributed by atoms with Crippen molar-refractivity contribution in [1.82, 2.24) is 10.9 Å². The van der Waals surface area contributed by atoms with Crippen LogP contribution in [-0.2, 0) is 9.59 Å². The Balaban J connectivity index is 1.26. The molecule has 6 nitrogen and oxygen atoms in total. The summed E-state index contributed by atoms with van der Waals surface area (Å²) in [6.07, 6.45) is 6.71. The minimum Gasteiger partial charge on any atom is -0.484 e. The van der Waals surface area contributed by atoms with Crippen LogP contribution >= 0.6 is 0 Å². The van der Waals surface area contributed by atoms with Gasteiger partial charge in [0.15, 0.2) is 6.61 Å². The van der Waals surface area contributed by atoms with E-state index in [0.29, 0.717) is 29.1 Å². The van der Waals surface area contributed by atoms with E-state index in [1.807, 2.05) is 6.07 Å². The molecule has 0 aromatic heterocycles. The van der Waals surface area contributed by atoms with Crippen LogP contribution in [-0.4, -0.2) is 18.4 Å². The van der Waals surface area contributed by atoms with Gasteiger partial charge in [0.25, 0.3) is 5.91 Å². The first-order valence-corrected chi connectivity index (χ1v) is 9.28. The molecular weight excluding hydrogens is 330 g/mol. The summed E-state index contributed by atoms with van der Waals surface area (Å²) in [6.45, 7) is -0.187. The molecule has 5 rings (SSSR count). The Kier molecular flexibility index (Phi) is 4.31. The van der Waals surface area contributed by atoms with Gasteiger partial charge in [0.2, 0.25) is 5.91 Å². The largest absolute Gasteiger partial charge is 0.484 e. The molecule has 0 atom stereocenters. The predicted molar refractivity (Wildman–Crippen MR) is 93.5 cm³/mol. The average Bonchev–Trinajstić information content (AvgIpc) is 2.63. The Morgan fingerprint density at radius 2 is 1.62 bits per heavy atom. The van der Waals surface area contributed by atoms with Crippen molar-refractivity contribution >= 4 is 11.8 Å². The quantitative estimate of drug-likeness (QED) is 0.813. The number of hydrogen-bond acceptors (Lipinski definition) is 4. The smallest absolute Gasteiger partial charge is 0.276 e. The average molecular weight is 353 g/mol. The fraction of sp³-hybridized carbons (Fsp3) is 0.550. The second kappa shape index (κ2) is 6.64. The molecule has 6 heteroatoms. The van der Waals surface area contributed by atoms with Crippen molar-refractivity contribution in [2.75, 3.05) is 6.61 Å². The number of carbonyl (C=O) groups excluding carboxylic acids is 2. The highest BCUT2D eigenvalue weighted by molar-refractivity contribution is 5.86. The molecule has 26 heavy (non-hydrogen) atoms. The number of carbonyl (C=O) groups is 2. The van der Waals surface area contributed by atoms with Crippen molar-refractivity contribution in [3.05, 3.63) is 29.8 Å². The van der Waals surface area contributed by atoms with Crippen molar-refractivity contribution in [3.8, 4) is 11.8 Å². The van der Waals surface area contributed by atoms with Crippen LogP contribution < -0.4 is 15.6 Å². The van der Waals surface area contributed by atoms with E-state index in [0.717, 1.165) is 19.3 Å². The van der Waals surface area contributed by atoms with Gasteiger partial charge in [-0.25, -0.2) is 0 Å². The number of amides is 2. The van der Waals surface area contributed by atoms with Crippen molar-refractivity contribution in [1.29, 1.82) is 5.26 Å². The molecular formula is C20H23N3O3. The Hall–Kier alpha value is -2.55. The molecule has 0 saturated heterocycles. The predicted octanol–water partition coefficient (Wildman–Crippen LogP) is 2.30. The third kappa shape index (κ3) is 3.26. The number of nitrogens with zero attached hydrogens (tertiary/aromatic N) is 1. The van der Waals surface area contributed by atoms with Crippen LogP contribution in [0.4, 0.5) is 0 Å². The number of nitriles is 1. The van der Waals surface area contributed by atoms with E-state index < -0.39 is 5.91 Å². The highest BCUT2D eigenvalue weighted by atomic mass is 16.5. The van der Waals surface area contributed by atoms with Gasteiger partial charge < -0.3 is 4.74 Å². The molecule has 0 radical (unpaired) electrons. The van der Waals surface area contributed by atoms with Gasteiger partial charge in [-0.2, -0.15) is 5.26 Å². The van der Waals surface area contributed by atoms with E-state index in [1.165, 1.54) is 19.3 Å². The summed E-state index contributed by atoms with van der Waals surface area (Å²) < 4.78 is 5.38. The lowest BCUT2D eigenvalue weighted by Crippen LogP contribution is -2.57. The van der Waals surface area contributed by atoms with E-state index in [4.69, 9.17) is 10.00 Å². The molecule has 4 bridgehead atoms. The molecule has 4 aliphatic rings. The Morgan fingerprint density at radius 3 is 2.15 bits per heavy atom. The maximum Gasteiger partial charge on any atom is 0.276 e. The number of rotatable bonds is 4. The van der Waals surface area contributed by atoms with Gasteiger partial charge in [0.1, 0.15) is 5.75 Å². The maximum absolute atomic E-state index is 12.7. The Bertz CT molecular complexity index is 715. The number of hydrogen-bond donors (Lipinski definition) is 2. The fourth-order valence-corrected chi connectivity index (χ4v) is 5.46. The summed E-state index contributed by atoms with van der Waals surface area (Å²) in [5, 5.41) is 8.76. The Morgan fingerprint density at radius 1 is 1.04 bits per heavy atom. The number of ether oxygens (including phenoxy) is 1. The molecule has 4 fully saturated rings. The highest BCUT2D eigenvalue weighted by Gasteiger charge is 2.54. The zero-order valence-electron chi connectivity index (χ0n) is 14.7. The molecule has 4 saturated carbocycles. The molecule has 2 amide bonds. The fourth-order valence-electron chi connectivity index (χ4n) is 5.46. The Labute approximate surface area is 152 Å². The topological polar surface area (TPSA) is 91.2 Å². The molecule has 1 aromatic rings. The van der Waals surface area contributed by atoms with E-state index in [-0.39, 0.29) is 17.9 Å². The normalized spacial score (nSPS) is 31.1. The summed E-state index contributed by atoms with van der Waals surface area (Å²) in [6, 6.07) is 8.56. The van der Waals surface area contributed by atoms with Crippen molar-refractivity contribution < 1.29 is 14.3 Å². The third-order valence-corrected chi connectivity index (χ3v) is 6.19. The summed E-state index contributed by atoms with van der Waals surface area (Å²) in [4.78, 5) is 24.7. The van der Waals surface area contributed by atoms with E-state index >= 15 is 0 Å². The van der Waals surface area contributed by atoms with Gasteiger partial charge in [-0.15, -0.1) is 0 Å². The van der Waals surface area contributed by atoms with Crippen LogP contribution in [0, 0.1) is 34.5 Å². The van der Waals surface area contributed by atoms with Crippen LogP contribution in [0.3, 0.4) is 0 Å². The van der Waals surface area contributed by atoms with Crippen LogP contribution in [0.2, 0.25) is 0 Å². The zero-order valence-corrected chi connectivity index (χ0v) is 14.7. The molecule has 2 N–H and O–H groups in total. The first-order chi connectivity index (χ1) is 12.6. The minimum absolute atomic E-state index is 0.0386. The summed E-state index contributed by atoms with van der Waals surface area (Å²) in [5.41, 5.74) is 5.37. The third-order valence-electron chi connectivity index (χ3n) is 6.19. The van der Waals surface area contributed by atoms with Gasteiger partial charge in [-0.3, -0.25) is 20.4 Å². The SMILES string of the molecule is N#Cc1ccc(OCC(=O)NNC(=O)C23CC4CC(CC(C4)C2)C3)cc1. The number of nitrogens with one attached hydrogen (secondary N) is 2. The lowest BCUT2D eigenvalue weighted by molar-refractivity contribution is -0.149. The highest BCUT2D eigenvalue weighted by Crippen LogP contribution is 2.59. The molecule has 4 aliphatic carbocycles. The summed E-state index contributed by atoms with van der Waals surface area (Å²) in [7, 11) is 0. The lowest BCUT2D eigenvalue weighted by Gasteiger charge is -2.55. The van der Waals surface area contributed by atoms with Crippen molar-refractivity contribution in [2.45, 2.75) is 38.5 Å². The van der Waals surface area contributed by atoms with Crippen molar-refractivity contribution in [2.24, 2.45) is 23.2 Å². The van der Waals surface area contributed by atoms with Gasteiger partial charge >= 0.3 is 0 Å². The summed E-state index contributed by atoms with van der Waals surface area (Å²) >= 11 is 0. The number of benzene rings is 1. The minimum atomic E-state index is -0.396. The van der Waals surface area contributed by atoms with Gasteiger partial charge in [-0.1, -0.05) is 0 Å². The molecule has 0 heterocycles. The second-order valence-electron chi connectivity index (χ2n) is 8.13. The van der Waals surface area contributed by atoms with Crippen molar-refractivity contribution in [3.63, 3.8) is 0 Å². The van der Waals surface area contributed by atoms with Crippen LogP contribution in [0.5, 0.6) is 5.75 Å². The van der Waals surface area contributed by atoms with E-state index in [1.54, 1.807) is 24.3 Å².